The Morgan fingerprint density at radius 1 is 1.40 bits per heavy atom. The second-order valence-electron chi connectivity index (χ2n) is 3.13. The van der Waals surface area contributed by atoms with Gasteiger partial charge in [-0.3, -0.25) is 0 Å². The van der Waals surface area contributed by atoms with Crippen molar-refractivity contribution in [2.45, 2.75) is 13.0 Å². The molecule has 1 rings (SSSR count). The lowest BCUT2D eigenvalue weighted by molar-refractivity contribution is 0.280. The van der Waals surface area contributed by atoms with Crippen LogP contribution in [0.4, 0.5) is 0 Å². The van der Waals surface area contributed by atoms with Crippen molar-refractivity contribution in [1.29, 1.82) is 0 Å². The normalized spacial score (nSPS) is 9.07. The molecule has 0 saturated carbocycles. The molecule has 0 fully saturated rings. The van der Waals surface area contributed by atoms with Crippen LogP contribution in [0.15, 0.2) is 48.2 Å². The molecule has 0 aliphatic rings. The predicted octanol–water partition coefficient (Wildman–Crippen LogP) is 3.29. The topological polar surface area (TPSA) is 52.0 Å². The predicted molar refractivity (Wildman–Crippen MR) is 60.8 cm³/mol. The Labute approximate surface area is 89.4 Å². The zero-order valence-corrected chi connectivity index (χ0v) is 8.58. The highest BCUT2D eigenvalue weighted by Gasteiger charge is 2.03. The first kappa shape index (κ1) is 11.1. The number of hydrogen-bond acceptors (Lipinski definition) is 1. The van der Waals surface area contributed by atoms with Crippen molar-refractivity contribution in [2.24, 2.45) is 5.22 Å². The van der Waals surface area contributed by atoms with Gasteiger partial charge in [0.1, 0.15) is 6.54 Å². The Morgan fingerprint density at radius 3 is 2.73 bits per heavy atom. The molecule has 0 atom stereocenters. The Kier molecular flexibility index (Phi) is 4.84. The van der Waals surface area contributed by atoms with Gasteiger partial charge < -0.3 is 0 Å². The van der Waals surface area contributed by atoms with E-state index in [0.717, 1.165) is 12.0 Å². The van der Waals surface area contributed by atoms with E-state index in [1.54, 1.807) is 5.01 Å². The minimum Gasteiger partial charge on any atom is -0.243 e. The summed E-state index contributed by atoms with van der Waals surface area (Å²) in [6.07, 6.45) is 2.62. The maximum Gasteiger partial charge on any atom is 0.114 e. The summed E-state index contributed by atoms with van der Waals surface area (Å²) in [6.45, 7) is 4.97. The van der Waals surface area contributed by atoms with Gasteiger partial charge in [0.2, 0.25) is 0 Å². The van der Waals surface area contributed by atoms with Crippen LogP contribution in [0.3, 0.4) is 0 Å². The molecule has 0 aliphatic heterocycles. The van der Waals surface area contributed by atoms with Gasteiger partial charge in [0.25, 0.3) is 0 Å². The SMILES string of the molecule is C=CCCN(Cc1ccccc1)N=[N+]=[N-]. The van der Waals surface area contributed by atoms with Crippen molar-refractivity contribution in [3.05, 3.63) is 59.0 Å². The summed E-state index contributed by atoms with van der Waals surface area (Å²) in [5.41, 5.74) is 9.54. The molecule has 0 amide bonds. The van der Waals surface area contributed by atoms with E-state index in [1.807, 2.05) is 36.4 Å². The van der Waals surface area contributed by atoms with Crippen LogP contribution in [-0.2, 0) is 6.54 Å². The van der Waals surface area contributed by atoms with E-state index in [2.05, 4.69) is 16.7 Å². The van der Waals surface area contributed by atoms with Crippen LogP contribution in [0.5, 0.6) is 0 Å². The van der Waals surface area contributed by atoms with E-state index < -0.39 is 0 Å². The van der Waals surface area contributed by atoms with Crippen LogP contribution in [-0.4, -0.2) is 11.6 Å². The summed E-state index contributed by atoms with van der Waals surface area (Å²) < 4.78 is 0. The molecule has 1 aromatic carbocycles. The first-order valence-corrected chi connectivity index (χ1v) is 4.81. The fourth-order valence-corrected chi connectivity index (χ4v) is 1.25. The molecule has 4 nitrogen and oxygen atoms in total. The van der Waals surface area contributed by atoms with Gasteiger partial charge in [-0.2, -0.15) is 4.91 Å². The van der Waals surface area contributed by atoms with Crippen LogP contribution < -0.4 is 0 Å². The van der Waals surface area contributed by atoms with E-state index >= 15 is 0 Å². The van der Waals surface area contributed by atoms with Gasteiger partial charge in [-0.1, -0.05) is 36.4 Å². The first-order chi connectivity index (χ1) is 7.36. The third-order valence-electron chi connectivity index (χ3n) is 1.97. The van der Waals surface area contributed by atoms with Gasteiger partial charge in [0.05, 0.1) is 6.54 Å². The lowest BCUT2D eigenvalue weighted by atomic mass is 10.2. The highest BCUT2D eigenvalue weighted by atomic mass is 15.5. The van der Waals surface area contributed by atoms with Crippen molar-refractivity contribution >= 4 is 0 Å². The van der Waals surface area contributed by atoms with Crippen LogP contribution in [0, 0.1) is 0 Å². The summed E-state index contributed by atoms with van der Waals surface area (Å²) in [4.78, 5) is 2.80. The molecule has 1 aromatic rings. The molecule has 0 saturated heterocycles. The Balaban J connectivity index is 2.58. The van der Waals surface area contributed by atoms with Gasteiger partial charge >= 0.3 is 0 Å². The molecule has 0 aromatic heterocycles. The third kappa shape index (κ3) is 4.20. The smallest absolute Gasteiger partial charge is 0.114 e. The molecule has 0 radical (unpaired) electrons. The molecule has 15 heavy (non-hydrogen) atoms. The van der Waals surface area contributed by atoms with E-state index in [-0.39, 0.29) is 0 Å². The van der Waals surface area contributed by atoms with Crippen molar-refractivity contribution in [1.82, 2.24) is 5.01 Å². The average Bonchev–Trinajstić information content (AvgIpc) is 2.28. The van der Waals surface area contributed by atoms with Crippen molar-refractivity contribution < 1.29 is 0 Å². The van der Waals surface area contributed by atoms with E-state index in [9.17, 15) is 0 Å². The second-order valence-corrected chi connectivity index (χ2v) is 3.13. The fraction of sp³-hybridized carbons (Fsp3) is 0.273. The molecule has 4 heteroatoms. The highest BCUT2D eigenvalue weighted by Crippen LogP contribution is 2.05. The lowest BCUT2D eigenvalue weighted by Gasteiger charge is -2.12. The molecular weight excluding hydrogens is 188 g/mol. The highest BCUT2D eigenvalue weighted by molar-refractivity contribution is 5.14. The van der Waals surface area contributed by atoms with E-state index in [1.165, 1.54) is 0 Å². The number of azide groups is 1. The summed E-state index contributed by atoms with van der Waals surface area (Å²) in [5, 5.41) is 5.31. The van der Waals surface area contributed by atoms with Gasteiger partial charge in [0.15, 0.2) is 0 Å². The number of hydrogen-bond donors (Lipinski definition) is 0. The molecule has 0 N–H and O–H groups in total. The van der Waals surface area contributed by atoms with Gasteiger partial charge in [-0.15, -0.1) is 12.1 Å². The first-order valence-electron chi connectivity index (χ1n) is 4.81. The number of benzene rings is 1. The lowest BCUT2D eigenvalue weighted by Crippen LogP contribution is -2.16. The monoisotopic (exact) mass is 202 g/mol. The Morgan fingerprint density at radius 2 is 2.13 bits per heavy atom. The van der Waals surface area contributed by atoms with Crippen molar-refractivity contribution in [3.8, 4) is 0 Å². The molecule has 0 heterocycles. The number of rotatable bonds is 6. The van der Waals surface area contributed by atoms with Gasteiger partial charge in [0, 0.05) is 6.42 Å². The van der Waals surface area contributed by atoms with Gasteiger partial charge in [-0.05, 0) is 10.8 Å². The quantitative estimate of drug-likeness (QED) is 0.229. The maximum atomic E-state index is 8.40. The maximum absolute atomic E-state index is 8.40. The van der Waals surface area contributed by atoms with Crippen LogP contribution in [0.1, 0.15) is 12.0 Å². The summed E-state index contributed by atoms with van der Waals surface area (Å²) in [7, 11) is 0. The number of nitrogens with zero attached hydrogens (tertiary/aromatic N) is 4. The minimum absolute atomic E-state index is 0.638. The zero-order chi connectivity index (χ0) is 10.9. The standard InChI is InChI=1S/C11H14N4/c1-2-3-9-15(14-13-12)10-11-7-5-4-6-8-11/h2,4-8H,1,3,9-10H2. The molecule has 78 valence electrons. The zero-order valence-electron chi connectivity index (χ0n) is 8.58. The van der Waals surface area contributed by atoms with Crippen LogP contribution >= 0.6 is 0 Å². The minimum atomic E-state index is 0.638. The molecule has 0 bridgehead atoms. The van der Waals surface area contributed by atoms with Crippen LogP contribution in [0.25, 0.3) is 10.4 Å². The average molecular weight is 202 g/mol. The summed E-state index contributed by atoms with van der Waals surface area (Å²) >= 11 is 0. The Hall–Kier alpha value is -1.93. The van der Waals surface area contributed by atoms with Gasteiger partial charge in [-0.25, -0.2) is 5.01 Å². The third-order valence-corrected chi connectivity index (χ3v) is 1.97. The Bertz CT molecular complexity index is 341. The van der Waals surface area contributed by atoms with E-state index in [0.29, 0.717) is 13.1 Å². The molecule has 0 aliphatic carbocycles. The largest absolute Gasteiger partial charge is 0.243 e. The fourth-order valence-electron chi connectivity index (χ4n) is 1.25. The molecule has 0 spiro atoms. The van der Waals surface area contributed by atoms with Crippen molar-refractivity contribution in [3.63, 3.8) is 0 Å². The molecule has 0 unspecified atom stereocenters. The van der Waals surface area contributed by atoms with E-state index in [4.69, 9.17) is 5.53 Å². The molecular formula is C11H14N4. The summed E-state index contributed by atoms with van der Waals surface area (Å²) in [5.74, 6) is 0. The second kappa shape index (κ2) is 6.51. The van der Waals surface area contributed by atoms with Crippen LogP contribution in [0.2, 0.25) is 0 Å². The summed E-state index contributed by atoms with van der Waals surface area (Å²) in [6, 6.07) is 9.92. The van der Waals surface area contributed by atoms with Crippen molar-refractivity contribution in [2.75, 3.05) is 6.54 Å².